The Morgan fingerprint density at radius 2 is 1.46 bits per heavy atom. The third-order valence-corrected chi connectivity index (χ3v) is 11.8. The van der Waals surface area contributed by atoms with E-state index in [4.69, 9.17) is 0 Å². The first-order valence-corrected chi connectivity index (χ1v) is 19.7. The Kier molecular flexibility index (Phi) is 17.0. The second kappa shape index (κ2) is 18.2. The Bertz CT molecular complexity index is 1490. The molecule has 0 radical (unpaired) electrons. The molecule has 1 fully saturated rings. The molecule has 0 spiro atoms. The Hall–Kier alpha value is -1.27. The third-order valence-electron chi connectivity index (χ3n) is 11.8. The van der Waals surface area contributed by atoms with Crippen molar-refractivity contribution >= 4 is 29.0 Å². The van der Waals surface area contributed by atoms with Gasteiger partial charge in [0.2, 0.25) is 0 Å². The van der Waals surface area contributed by atoms with Crippen molar-refractivity contribution in [1.29, 1.82) is 0 Å². The summed E-state index contributed by atoms with van der Waals surface area (Å²) in [6.45, 7) is 28.2. The van der Waals surface area contributed by atoms with Crippen LogP contribution in [0.15, 0.2) is 106 Å². The van der Waals surface area contributed by atoms with Gasteiger partial charge in [-0.25, -0.2) is 6.08 Å². The molecule has 5 atom stereocenters. The number of rotatable bonds is 0. The van der Waals surface area contributed by atoms with Gasteiger partial charge in [-0.1, -0.05) is 134 Å². The molecule has 3 heteroatoms. The van der Waals surface area contributed by atoms with Crippen LogP contribution in [0, 0.1) is 77.2 Å². The van der Waals surface area contributed by atoms with E-state index in [0.29, 0.717) is 17.3 Å². The van der Waals surface area contributed by atoms with Gasteiger partial charge in [-0.2, -0.15) is 54.5 Å². The van der Waals surface area contributed by atoms with Crippen molar-refractivity contribution in [3.8, 4) is 0 Å². The zero-order valence-corrected chi connectivity index (χ0v) is 37.6. The second-order valence-corrected chi connectivity index (χ2v) is 17.4. The molecule has 7 rings (SSSR count). The van der Waals surface area contributed by atoms with Crippen LogP contribution in [0.1, 0.15) is 102 Å². The number of benzene rings is 1. The van der Waals surface area contributed by atoms with E-state index in [9.17, 15) is 0 Å². The van der Waals surface area contributed by atoms with Gasteiger partial charge in [0, 0.05) is 10.8 Å². The molecule has 0 N–H and O–H groups in total. The molecular weight excluding hydrogens is 727 g/mol. The minimum Gasteiger partial charge on any atom is -0.358 e. The van der Waals surface area contributed by atoms with Crippen molar-refractivity contribution in [2.75, 3.05) is 0 Å². The monoisotopic (exact) mass is 790 g/mol. The van der Waals surface area contributed by atoms with Gasteiger partial charge in [-0.15, -0.1) is 30.2 Å². The minimum atomic E-state index is 0. The zero-order valence-electron chi connectivity index (χ0n) is 33.5. The van der Waals surface area contributed by atoms with Crippen LogP contribution < -0.4 is 0 Å². The van der Waals surface area contributed by atoms with Crippen LogP contribution in [0.25, 0.3) is 0 Å². The van der Waals surface area contributed by atoms with Crippen LogP contribution >= 0.6 is 24.8 Å². The smallest absolute Gasteiger partial charge is 0.171 e. The molecule has 0 heterocycles. The molecular formula is C47H66Cl2Zr-4. The van der Waals surface area contributed by atoms with Crippen molar-refractivity contribution < 1.29 is 24.2 Å². The van der Waals surface area contributed by atoms with Crippen LogP contribution in [-0.2, 0) is 24.2 Å². The van der Waals surface area contributed by atoms with E-state index in [1.165, 1.54) is 54.6 Å². The predicted molar refractivity (Wildman–Crippen MR) is 222 cm³/mol. The SMILES string of the molecule is CC1=CC(C)(C)C2=C(C=C3C=C4C=C5C(CC4C3C2)C(C)C[CH-]C5(C)C)C1(C)C.CC1[C-]=CC(C(C)(C)C)=C1.Cl.Cl.[CH2]=[Zr].[CH3-].[c-]1ccccc1. The predicted octanol–water partition coefficient (Wildman–Crippen LogP) is 13.7. The summed E-state index contributed by atoms with van der Waals surface area (Å²) in [5.74, 6) is 3.51. The Balaban J connectivity index is 0.000000495. The van der Waals surface area contributed by atoms with Gasteiger partial charge in [0.1, 0.15) is 0 Å². The van der Waals surface area contributed by atoms with Gasteiger partial charge in [0.25, 0.3) is 0 Å². The maximum absolute atomic E-state index is 3.34. The number of fused-ring (bicyclic) bond motifs is 4. The zero-order chi connectivity index (χ0) is 34.9. The number of hydrogen-bond acceptors (Lipinski definition) is 0. The maximum atomic E-state index is 3.34. The molecule has 276 valence electrons. The minimum absolute atomic E-state index is 0. The maximum Gasteiger partial charge on any atom is -0.171 e. The average Bonchev–Trinajstić information content (AvgIpc) is 3.63. The van der Waals surface area contributed by atoms with Gasteiger partial charge in [0.15, 0.2) is 0 Å². The van der Waals surface area contributed by atoms with E-state index in [-0.39, 0.29) is 48.5 Å². The molecule has 1 saturated carbocycles. The fourth-order valence-corrected chi connectivity index (χ4v) is 8.55. The van der Waals surface area contributed by atoms with Crippen LogP contribution in [0.5, 0.6) is 0 Å². The van der Waals surface area contributed by atoms with Gasteiger partial charge >= 0.3 is 28.4 Å². The largest absolute Gasteiger partial charge is 0.358 e. The molecule has 6 aliphatic rings. The summed E-state index contributed by atoms with van der Waals surface area (Å²) in [6.07, 6.45) is 24.5. The summed E-state index contributed by atoms with van der Waals surface area (Å²) in [4.78, 5) is 0. The summed E-state index contributed by atoms with van der Waals surface area (Å²) < 4.78 is 3.34. The van der Waals surface area contributed by atoms with Gasteiger partial charge in [-0.05, 0) is 54.2 Å². The van der Waals surface area contributed by atoms with Gasteiger partial charge in [0.05, 0.1) is 0 Å². The first-order valence-electron chi connectivity index (χ1n) is 17.9. The number of hydrogen-bond donors (Lipinski definition) is 0. The first-order chi connectivity index (χ1) is 21.9. The molecule has 6 aliphatic carbocycles. The Morgan fingerprint density at radius 1 is 0.860 bits per heavy atom. The summed E-state index contributed by atoms with van der Waals surface area (Å²) >= 11 is 1.30. The van der Waals surface area contributed by atoms with Gasteiger partial charge in [-0.3, -0.25) is 6.08 Å². The van der Waals surface area contributed by atoms with Crippen molar-refractivity contribution in [3.63, 3.8) is 0 Å². The average molecular weight is 793 g/mol. The summed E-state index contributed by atoms with van der Waals surface area (Å²) in [7, 11) is 0. The normalized spacial score (nSPS) is 28.5. The molecule has 0 aromatic heterocycles. The Morgan fingerprint density at radius 3 is 1.94 bits per heavy atom. The summed E-state index contributed by atoms with van der Waals surface area (Å²) in [5, 5.41) is 0. The second-order valence-electron chi connectivity index (χ2n) is 17.4. The quantitative estimate of drug-likeness (QED) is 0.181. The van der Waals surface area contributed by atoms with Crippen molar-refractivity contribution in [3.05, 3.63) is 132 Å². The van der Waals surface area contributed by atoms with E-state index in [2.05, 4.69) is 142 Å². The standard InChI is InChI=1S/C29H39.C10H15.C6H5.CH3.CH2.2ClH.Zr/c1-17-9-10-27(3,4)24-12-19-11-20-13-26-25(15-23(20)22(19)14-21(17)24)28(5,6)16-18(2)29(26,7)8;1-8-5-6-9(7-8)10(2,3)4;1-2-4-6-5-3-1;;;;;/h10-13,16-17,21-23H,9,14-15H2,1-8H3;6-8H,1-4H3;1-5H;1H3;1H2;2*1H;/q4*-1;;;;. The summed E-state index contributed by atoms with van der Waals surface area (Å²) in [5.41, 5.74) is 12.1. The molecule has 5 unspecified atom stereocenters. The van der Waals surface area contributed by atoms with E-state index < -0.39 is 0 Å². The van der Waals surface area contributed by atoms with Crippen molar-refractivity contribution in [1.82, 2.24) is 0 Å². The molecule has 1 aromatic carbocycles. The number of allylic oxidation sites excluding steroid dienone is 14. The van der Waals surface area contributed by atoms with E-state index in [1.54, 1.807) is 27.9 Å². The third kappa shape index (κ3) is 10.0. The van der Waals surface area contributed by atoms with Crippen molar-refractivity contribution in [2.45, 2.75) is 102 Å². The first kappa shape index (κ1) is 46.8. The van der Waals surface area contributed by atoms with Crippen LogP contribution in [0.2, 0.25) is 0 Å². The summed E-state index contributed by atoms with van der Waals surface area (Å²) in [6, 6.07) is 12.5. The van der Waals surface area contributed by atoms with Crippen LogP contribution in [-0.4, -0.2) is 4.21 Å². The molecule has 0 amide bonds. The van der Waals surface area contributed by atoms with Crippen LogP contribution in [0.4, 0.5) is 0 Å². The molecule has 50 heavy (non-hydrogen) atoms. The molecule has 0 nitrogen and oxygen atoms in total. The van der Waals surface area contributed by atoms with Crippen LogP contribution in [0.3, 0.4) is 0 Å². The fraction of sp³-hybridized carbons (Fsp3) is 0.511. The fourth-order valence-electron chi connectivity index (χ4n) is 8.55. The molecule has 0 saturated heterocycles. The van der Waals surface area contributed by atoms with E-state index >= 15 is 0 Å². The molecule has 0 bridgehead atoms. The van der Waals surface area contributed by atoms with Crippen molar-refractivity contribution in [2.24, 2.45) is 51.2 Å². The topological polar surface area (TPSA) is 0 Å². The van der Waals surface area contributed by atoms with E-state index in [0.717, 1.165) is 17.8 Å². The molecule has 0 aliphatic heterocycles. The molecule has 1 aromatic rings. The Labute approximate surface area is 336 Å². The van der Waals surface area contributed by atoms with E-state index in [1.807, 2.05) is 30.3 Å². The van der Waals surface area contributed by atoms with Gasteiger partial charge < -0.3 is 13.8 Å². The number of halogens is 2.